The van der Waals surface area contributed by atoms with Crippen molar-refractivity contribution < 1.29 is 14.6 Å². The lowest BCUT2D eigenvalue weighted by atomic mass is 9.79. The van der Waals surface area contributed by atoms with Gasteiger partial charge < -0.3 is 14.7 Å². The Balaban J connectivity index is 1.62. The summed E-state index contributed by atoms with van der Waals surface area (Å²) in [5.41, 5.74) is 0.490. The molecule has 2 saturated heterocycles. The molecular formula is C22H25ClN2O3. The average Bonchev–Trinajstić information content (AvgIpc) is 2.75. The van der Waals surface area contributed by atoms with Crippen molar-refractivity contribution >= 4 is 17.5 Å². The molecule has 0 unspecified atom stereocenters. The zero-order valence-corrected chi connectivity index (χ0v) is 16.5. The van der Waals surface area contributed by atoms with Crippen LogP contribution in [0.25, 0.3) is 0 Å². The Morgan fingerprint density at radius 2 is 1.82 bits per heavy atom. The SMILES string of the molecule is O=C(c1cccc(Cl)c1)N1CC[C@](O)(c2ccccc2)[C@H](N2CCOCC2)C1. The second-order valence-electron chi connectivity index (χ2n) is 7.47. The van der Waals surface area contributed by atoms with Crippen molar-refractivity contribution in [3.8, 4) is 0 Å². The number of halogens is 1. The molecule has 28 heavy (non-hydrogen) atoms. The molecule has 1 amide bonds. The van der Waals surface area contributed by atoms with E-state index in [1.54, 1.807) is 24.3 Å². The van der Waals surface area contributed by atoms with Gasteiger partial charge >= 0.3 is 0 Å². The smallest absolute Gasteiger partial charge is 0.253 e. The third-order valence-electron chi connectivity index (χ3n) is 5.83. The van der Waals surface area contributed by atoms with Crippen molar-refractivity contribution in [3.63, 3.8) is 0 Å². The van der Waals surface area contributed by atoms with E-state index in [1.807, 2.05) is 35.2 Å². The summed E-state index contributed by atoms with van der Waals surface area (Å²) >= 11 is 6.07. The number of likely N-dealkylation sites (tertiary alicyclic amines) is 1. The van der Waals surface area contributed by atoms with Gasteiger partial charge in [-0.3, -0.25) is 9.69 Å². The predicted molar refractivity (Wildman–Crippen MR) is 108 cm³/mol. The fourth-order valence-electron chi connectivity index (χ4n) is 4.28. The molecule has 0 bridgehead atoms. The summed E-state index contributed by atoms with van der Waals surface area (Å²) in [6.45, 7) is 3.75. The van der Waals surface area contributed by atoms with Crippen LogP contribution in [0.1, 0.15) is 22.3 Å². The highest BCUT2D eigenvalue weighted by Crippen LogP contribution is 2.36. The normalized spacial score (nSPS) is 26.2. The van der Waals surface area contributed by atoms with Crippen LogP contribution in [0.15, 0.2) is 54.6 Å². The molecule has 2 heterocycles. The number of carbonyl (C=O) groups excluding carboxylic acids is 1. The molecule has 4 rings (SSSR count). The van der Waals surface area contributed by atoms with E-state index in [0.29, 0.717) is 43.3 Å². The minimum absolute atomic E-state index is 0.0455. The Morgan fingerprint density at radius 3 is 2.54 bits per heavy atom. The Labute approximate surface area is 170 Å². The number of aliphatic hydroxyl groups is 1. The Kier molecular flexibility index (Phi) is 5.69. The van der Waals surface area contributed by atoms with Crippen LogP contribution >= 0.6 is 11.6 Å². The standard InChI is InChI=1S/C22H25ClN2O3/c23-19-8-4-5-17(15-19)21(26)25-10-9-22(27,18-6-2-1-3-7-18)20(16-25)24-11-13-28-14-12-24/h1-8,15,20,27H,9-14,16H2/t20-,22+/m1/s1. The molecule has 6 heteroatoms. The molecule has 2 aromatic rings. The number of benzene rings is 2. The molecule has 2 fully saturated rings. The van der Waals surface area contributed by atoms with E-state index in [2.05, 4.69) is 4.90 Å². The summed E-state index contributed by atoms with van der Waals surface area (Å²) in [7, 11) is 0. The third kappa shape index (κ3) is 3.80. The first-order valence-corrected chi connectivity index (χ1v) is 10.1. The molecule has 148 valence electrons. The molecule has 2 aliphatic heterocycles. The molecule has 2 aliphatic rings. The number of hydrogen-bond donors (Lipinski definition) is 1. The topological polar surface area (TPSA) is 53.0 Å². The number of rotatable bonds is 3. The highest BCUT2D eigenvalue weighted by molar-refractivity contribution is 6.30. The van der Waals surface area contributed by atoms with Gasteiger partial charge in [0.25, 0.3) is 5.91 Å². The van der Waals surface area contributed by atoms with Gasteiger partial charge in [-0.1, -0.05) is 48.0 Å². The van der Waals surface area contributed by atoms with E-state index in [1.165, 1.54) is 0 Å². The summed E-state index contributed by atoms with van der Waals surface area (Å²) in [6.07, 6.45) is 0.491. The predicted octanol–water partition coefficient (Wildman–Crippen LogP) is 2.77. The second-order valence-corrected chi connectivity index (χ2v) is 7.90. The van der Waals surface area contributed by atoms with Crippen molar-refractivity contribution in [1.29, 1.82) is 0 Å². The molecule has 0 radical (unpaired) electrons. The van der Waals surface area contributed by atoms with Gasteiger partial charge in [0, 0.05) is 36.8 Å². The lowest BCUT2D eigenvalue weighted by Gasteiger charge is -2.50. The van der Waals surface area contributed by atoms with Gasteiger partial charge in [-0.15, -0.1) is 0 Å². The van der Waals surface area contributed by atoms with Crippen molar-refractivity contribution in [2.75, 3.05) is 39.4 Å². The molecule has 1 N–H and O–H groups in total. The summed E-state index contributed by atoms with van der Waals surface area (Å²) in [5.74, 6) is -0.0455. The van der Waals surface area contributed by atoms with Gasteiger partial charge in [-0.2, -0.15) is 0 Å². The zero-order chi connectivity index (χ0) is 19.6. The van der Waals surface area contributed by atoms with Crippen molar-refractivity contribution in [1.82, 2.24) is 9.80 Å². The van der Waals surface area contributed by atoms with Crippen molar-refractivity contribution in [2.24, 2.45) is 0 Å². The van der Waals surface area contributed by atoms with E-state index in [0.717, 1.165) is 18.7 Å². The molecule has 0 spiro atoms. The molecule has 0 saturated carbocycles. The van der Waals surface area contributed by atoms with Crippen molar-refractivity contribution in [3.05, 3.63) is 70.7 Å². The Hall–Kier alpha value is -1.92. The van der Waals surface area contributed by atoms with Gasteiger partial charge in [0.15, 0.2) is 0 Å². The number of piperidine rings is 1. The highest BCUT2D eigenvalue weighted by Gasteiger charge is 2.47. The molecule has 0 aliphatic carbocycles. The second kappa shape index (κ2) is 8.21. The Morgan fingerprint density at radius 1 is 1.07 bits per heavy atom. The third-order valence-corrected chi connectivity index (χ3v) is 6.06. The largest absolute Gasteiger partial charge is 0.383 e. The van der Waals surface area contributed by atoms with E-state index in [-0.39, 0.29) is 11.9 Å². The number of nitrogens with zero attached hydrogens (tertiary/aromatic N) is 2. The van der Waals surface area contributed by atoms with Gasteiger partial charge in [-0.25, -0.2) is 0 Å². The minimum atomic E-state index is -0.996. The van der Waals surface area contributed by atoms with Crippen LogP contribution in [-0.4, -0.2) is 66.2 Å². The summed E-state index contributed by atoms with van der Waals surface area (Å²) < 4.78 is 5.50. The first-order chi connectivity index (χ1) is 13.6. The molecule has 2 atom stereocenters. The van der Waals surface area contributed by atoms with Crippen LogP contribution in [-0.2, 0) is 10.3 Å². The average molecular weight is 401 g/mol. The number of carbonyl (C=O) groups is 1. The summed E-state index contributed by atoms with van der Waals surface area (Å²) in [4.78, 5) is 17.2. The van der Waals surface area contributed by atoms with Gasteiger partial charge in [0.05, 0.1) is 19.3 Å². The van der Waals surface area contributed by atoms with Gasteiger partial charge in [0.2, 0.25) is 0 Å². The van der Waals surface area contributed by atoms with Crippen LogP contribution in [0.4, 0.5) is 0 Å². The molecule has 0 aromatic heterocycles. The van der Waals surface area contributed by atoms with Crippen LogP contribution in [0, 0.1) is 0 Å². The quantitative estimate of drug-likeness (QED) is 0.860. The maximum Gasteiger partial charge on any atom is 0.253 e. The fraction of sp³-hybridized carbons (Fsp3) is 0.409. The lowest BCUT2D eigenvalue weighted by Crippen LogP contribution is -2.63. The van der Waals surface area contributed by atoms with Crippen LogP contribution in [0.2, 0.25) is 5.02 Å². The number of amides is 1. The van der Waals surface area contributed by atoms with Crippen LogP contribution < -0.4 is 0 Å². The monoisotopic (exact) mass is 400 g/mol. The van der Waals surface area contributed by atoms with E-state index < -0.39 is 5.60 Å². The molecule has 2 aromatic carbocycles. The van der Waals surface area contributed by atoms with Crippen LogP contribution in [0.5, 0.6) is 0 Å². The minimum Gasteiger partial charge on any atom is -0.383 e. The Bertz CT molecular complexity index is 826. The fourth-order valence-corrected chi connectivity index (χ4v) is 4.47. The maximum absolute atomic E-state index is 13.1. The molecule has 5 nitrogen and oxygen atoms in total. The maximum atomic E-state index is 13.1. The number of ether oxygens (including phenoxy) is 1. The lowest BCUT2D eigenvalue weighted by molar-refractivity contribution is -0.112. The molecular weight excluding hydrogens is 376 g/mol. The van der Waals surface area contributed by atoms with E-state index >= 15 is 0 Å². The van der Waals surface area contributed by atoms with Gasteiger partial charge in [0.1, 0.15) is 5.60 Å². The van der Waals surface area contributed by atoms with E-state index in [4.69, 9.17) is 16.3 Å². The van der Waals surface area contributed by atoms with Gasteiger partial charge in [-0.05, 0) is 30.2 Å². The van der Waals surface area contributed by atoms with Crippen molar-refractivity contribution in [2.45, 2.75) is 18.1 Å². The number of hydrogen-bond acceptors (Lipinski definition) is 4. The van der Waals surface area contributed by atoms with Crippen LogP contribution in [0.3, 0.4) is 0 Å². The first kappa shape index (κ1) is 19.4. The summed E-state index contributed by atoms with van der Waals surface area (Å²) in [5, 5.41) is 12.3. The highest BCUT2D eigenvalue weighted by atomic mass is 35.5. The first-order valence-electron chi connectivity index (χ1n) is 9.72. The number of morpholine rings is 1. The van der Waals surface area contributed by atoms with E-state index in [9.17, 15) is 9.90 Å². The zero-order valence-electron chi connectivity index (χ0n) is 15.8. The summed E-state index contributed by atoms with van der Waals surface area (Å²) in [6, 6.07) is 16.7.